The van der Waals surface area contributed by atoms with Crippen molar-refractivity contribution in [1.29, 1.82) is 0 Å². The molecule has 0 aliphatic carbocycles. The second kappa shape index (κ2) is 7.72. The van der Waals surface area contributed by atoms with Crippen LogP contribution in [0, 0.1) is 13.8 Å². The van der Waals surface area contributed by atoms with Crippen molar-refractivity contribution in [3.05, 3.63) is 77.9 Å². The number of hydrogen-bond donors (Lipinski definition) is 2. The van der Waals surface area contributed by atoms with Gasteiger partial charge in [0, 0.05) is 23.8 Å². The van der Waals surface area contributed by atoms with Crippen LogP contribution in [0.15, 0.2) is 66.3 Å². The molecular weight excluding hydrogens is 330 g/mol. The zero-order valence-electron chi connectivity index (χ0n) is 14.1. The Bertz CT molecular complexity index is 883. The summed E-state index contributed by atoms with van der Waals surface area (Å²) >= 11 is 5.28. The van der Waals surface area contributed by atoms with Gasteiger partial charge in [-0.2, -0.15) is 5.10 Å². The number of hydrazone groups is 1. The van der Waals surface area contributed by atoms with E-state index in [2.05, 4.69) is 40.7 Å². The van der Waals surface area contributed by atoms with Gasteiger partial charge in [-0.1, -0.05) is 24.3 Å². The number of nitrogens with zero attached hydrogens (tertiary/aromatic N) is 3. The van der Waals surface area contributed by atoms with E-state index in [-0.39, 0.29) is 0 Å². The summed E-state index contributed by atoms with van der Waals surface area (Å²) in [7, 11) is 0. The van der Waals surface area contributed by atoms with Crippen LogP contribution in [0.3, 0.4) is 0 Å². The minimum atomic E-state index is 0.458. The summed E-state index contributed by atoms with van der Waals surface area (Å²) in [5.41, 5.74) is 8.24. The highest BCUT2D eigenvalue weighted by Crippen LogP contribution is 2.17. The summed E-state index contributed by atoms with van der Waals surface area (Å²) in [4.78, 5) is 4.04. The third-order valence-electron chi connectivity index (χ3n) is 3.93. The highest BCUT2D eigenvalue weighted by atomic mass is 32.1. The molecule has 0 aliphatic rings. The summed E-state index contributed by atoms with van der Waals surface area (Å²) < 4.78 is 1.95. The number of imidazole rings is 1. The number of thiocarbonyl (C=S) groups is 1. The smallest absolute Gasteiger partial charge is 0.191 e. The molecule has 0 saturated heterocycles. The minimum absolute atomic E-state index is 0.458. The predicted octanol–water partition coefficient (Wildman–Crippen LogP) is 3.81. The Hall–Kier alpha value is -2.99. The van der Waals surface area contributed by atoms with Crippen molar-refractivity contribution in [3.8, 4) is 5.69 Å². The Morgan fingerprint density at radius 2 is 1.96 bits per heavy atom. The molecule has 25 heavy (non-hydrogen) atoms. The molecule has 1 aromatic heterocycles. The molecule has 126 valence electrons. The summed E-state index contributed by atoms with van der Waals surface area (Å²) in [6, 6.07) is 14.1. The number of aryl methyl sites for hydroxylation is 1. The fourth-order valence-electron chi connectivity index (χ4n) is 2.35. The first-order chi connectivity index (χ1) is 12.1. The second-order valence-electron chi connectivity index (χ2n) is 5.63. The van der Waals surface area contributed by atoms with Crippen molar-refractivity contribution in [2.24, 2.45) is 5.10 Å². The monoisotopic (exact) mass is 349 g/mol. The molecule has 0 fully saturated rings. The van der Waals surface area contributed by atoms with E-state index in [9.17, 15) is 0 Å². The van der Waals surface area contributed by atoms with Crippen LogP contribution in [0.2, 0.25) is 0 Å². The molecule has 1 heterocycles. The van der Waals surface area contributed by atoms with Crippen molar-refractivity contribution in [3.63, 3.8) is 0 Å². The highest BCUT2D eigenvalue weighted by Gasteiger charge is 2.02. The van der Waals surface area contributed by atoms with Gasteiger partial charge in [-0.15, -0.1) is 0 Å². The fraction of sp³-hybridized carbons (Fsp3) is 0.105. The molecule has 0 spiro atoms. The third kappa shape index (κ3) is 4.30. The van der Waals surface area contributed by atoms with Gasteiger partial charge in [-0.3, -0.25) is 5.43 Å². The van der Waals surface area contributed by atoms with E-state index in [0.29, 0.717) is 5.11 Å². The summed E-state index contributed by atoms with van der Waals surface area (Å²) in [5.74, 6) is 0. The number of hydrogen-bond acceptors (Lipinski definition) is 3. The lowest BCUT2D eigenvalue weighted by Crippen LogP contribution is -2.24. The van der Waals surface area contributed by atoms with Gasteiger partial charge in [0.15, 0.2) is 5.11 Å². The molecule has 3 aromatic rings. The SMILES string of the molecule is Cc1cccc(NC(=S)N/N=C/c2ccc(-n3ccnc3)cc2)c1C. The molecule has 2 N–H and O–H groups in total. The quantitative estimate of drug-likeness (QED) is 0.427. The van der Waals surface area contributed by atoms with Crippen LogP contribution in [0.25, 0.3) is 5.69 Å². The van der Waals surface area contributed by atoms with Crippen LogP contribution in [0.5, 0.6) is 0 Å². The van der Waals surface area contributed by atoms with Gasteiger partial charge in [0.1, 0.15) is 0 Å². The van der Waals surface area contributed by atoms with Crippen molar-refractivity contribution in [1.82, 2.24) is 15.0 Å². The lowest BCUT2D eigenvalue weighted by atomic mass is 10.1. The van der Waals surface area contributed by atoms with Crippen LogP contribution >= 0.6 is 12.2 Å². The van der Waals surface area contributed by atoms with Gasteiger partial charge >= 0.3 is 0 Å². The molecule has 0 radical (unpaired) electrons. The lowest BCUT2D eigenvalue weighted by Gasteiger charge is -2.11. The fourth-order valence-corrected chi connectivity index (χ4v) is 2.51. The highest BCUT2D eigenvalue weighted by molar-refractivity contribution is 7.80. The Kier molecular flexibility index (Phi) is 5.20. The molecule has 0 saturated carbocycles. The molecule has 0 bridgehead atoms. The number of aromatic nitrogens is 2. The minimum Gasteiger partial charge on any atom is -0.331 e. The lowest BCUT2D eigenvalue weighted by molar-refractivity contribution is 1.05. The first-order valence-corrected chi connectivity index (χ1v) is 8.29. The predicted molar refractivity (Wildman–Crippen MR) is 106 cm³/mol. The average Bonchev–Trinajstić information content (AvgIpc) is 3.14. The summed E-state index contributed by atoms with van der Waals surface area (Å²) in [6.07, 6.45) is 7.15. The third-order valence-corrected chi connectivity index (χ3v) is 4.12. The number of benzene rings is 2. The van der Waals surface area contributed by atoms with Crippen LogP contribution in [0.1, 0.15) is 16.7 Å². The molecule has 2 aromatic carbocycles. The molecular formula is C19H19N5S. The largest absolute Gasteiger partial charge is 0.331 e. The molecule has 0 amide bonds. The van der Waals surface area contributed by atoms with Gasteiger partial charge in [0.2, 0.25) is 0 Å². The van der Waals surface area contributed by atoms with E-state index in [1.165, 1.54) is 11.1 Å². The second-order valence-corrected chi connectivity index (χ2v) is 6.04. The van der Waals surface area contributed by atoms with Crippen molar-refractivity contribution >= 4 is 29.2 Å². The van der Waals surface area contributed by atoms with Gasteiger partial charge < -0.3 is 9.88 Å². The van der Waals surface area contributed by atoms with Gasteiger partial charge in [0.25, 0.3) is 0 Å². The summed E-state index contributed by atoms with van der Waals surface area (Å²) in [6.45, 7) is 4.13. The Labute approximate surface area is 152 Å². The maximum atomic E-state index is 5.28. The first kappa shape index (κ1) is 16.9. The Morgan fingerprint density at radius 3 is 2.68 bits per heavy atom. The molecule has 6 heteroatoms. The first-order valence-electron chi connectivity index (χ1n) is 7.88. The number of rotatable bonds is 4. The number of nitrogens with one attached hydrogen (secondary N) is 2. The van der Waals surface area contributed by atoms with E-state index >= 15 is 0 Å². The molecule has 0 atom stereocenters. The van der Waals surface area contributed by atoms with E-state index in [1.54, 1.807) is 18.7 Å². The van der Waals surface area contributed by atoms with Crippen LogP contribution < -0.4 is 10.7 Å². The van der Waals surface area contributed by atoms with Crippen molar-refractivity contribution in [2.75, 3.05) is 5.32 Å². The van der Waals surface area contributed by atoms with Gasteiger partial charge in [-0.25, -0.2) is 4.98 Å². The Balaban J connectivity index is 1.57. The Morgan fingerprint density at radius 1 is 1.16 bits per heavy atom. The van der Waals surface area contributed by atoms with Crippen LogP contribution in [-0.2, 0) is 0 Å². The van der Waals surface area contributed by atoms with Crippen LogP contribution in [0.4, 0.5) is 5.69 Å². The van der Waals surface area contributed by atoms with Gasteiger partial charge in [0.05, 0.1) is 12.5 Å². The molecule has 0 unspecified atom stereocenters. The normalized spacial score (nSPS) is 10.8. The summed E-state index contributed by atoms with van der Waals surface area (Å²) in [5, 5.41) is 7.80. The zero-order chi connectivity index (χ0) is 17.6. The van der Waals surface area contributed by atoms with E-state index in [1.807, 2.05) is 47.2 Å². The maximum absolute atomic E-state index is 5.28. The van der Waals surface area contributed by atoms with E-state index in [4.69, 9.17) is 12.2 Å². The maximum Gasteiger partial charge on any atom is 0.191 e. The average molecular weight is 349 g/mol. The van der Waals surface area contributed by atoms with E-state index in [0.717, 1.165) is 16.9 Å². The van der Waals surface area contributed by atoms with Gasteiger partial charge in [-0.05, 0) is 61.0 Å². The van der Waals surface area contributed by atoms with E-state index < -0.39 is 0 Å². The standard InChI is InChI=1S/C19H19N5S/c1-14-4-3-5-18(15(14)2)22-19(25)23-21-12-16-6-8-17(9-7-16)24-11-10-20-13-24/h3-13H,1-2H3,(H2,22,23,25)/b21-12+. The zero-order valence-corrected chi connectivity index (χ0v) is 14.9. The molecule has 5 nitrogen and oxygen atoms in total. The topological polar surface area (TPSA) is 54.2 Å². The molecule has 0 aliphatic heterocycles. The number of anilines is 1. The van der Waals surface area contributed by atoms with Crippen LogP contribution in [-0.4, -0.2) is 20.9 Å². The molecule has 3 rings (SSSR count). The van der Waals surface area contributed by atoms with Crippen molar-refractivity contribution < 1.29 is 0 Å². The van der Waals surface area contributed by atoms with Crippen molar-refractivity contribution in [2.45, 2.75) is 13.8 Å².